The zero-order valence-corrected chi connectivity index (χ0v) is 14.3. The molecule has 0 aromatic heterocycles. The van der Waals surface area contributed by atoms with E-state index in [0.29, 0.717) is 19.4 Å². The number of carbonyl (C=O) groups is 3. The molecule has 0 bridgehead atoms. The molecule has 10 nitrogen and oxygen atoms in total. The number of hydrogen-bond donors (Lipinski definition) is 3. The first kappa shape index (κ1) is 20.5. The van der Waals surface area contributed by atoms with E-state index in [0.717, 1.165) is 0 Å². The van der Waals surface area contributed by atoms with E-state index in [9.17, 15) is 14.4 Å². The van der Waals surface area contributed by atoms with E-state index in [1.807, 2.05) is 0 Å². The van der Waals surface area contributed by atoms with Crippen molar-refractivity contribution >= 4 is 18.3 Å². The first-order chi connectivity index (χ1) is 12.1. The summed E-state index contributed by atoms with van der Waals surface area (Å²) in [6, 6.07) is 0. The Bertz CT molecular complexity index is 508. The molecular formula is C15H24N4O6. The molecule has 0 aliphatic carbocycles. The number of nitrogens with zero attached hydrogens (tertiary/aromatic N) is 1. The van der Waals surface area contributed by atoms with Crippen LogP contribution in [0.4, 0.5) is 4.79 Å². The number of ether oxygens (including phenoxy) is 3. The molecule has 140 valence electrons. The van der Waals surface area contributed by atoms with Crippen LogP contribution in [0.1, 0.15) is 13.3 Å². The third-order valence-corrected chi connectivity index (χ3v) is 2.96. The molecule has 1 aliphatic heterocycles. The highest BCUT2D eigenvalue weighted by molar-refractivity contribution is 6.02. The Morgan fingerprint density at radius 2 is 2.36 bits per heavy atom. The number of ketones is 1. The highest BCUT2D eigenvalue weighted by Gasteiger charge is 2.14. The number of hydrogen-bond acceptors (Lipinski definition) is 8. The molecule has 2 amide bonds. The SMILES string of the molecule is CCOC(=O)N(C)CO/C1=C\CCOCC(NC=O)NN/C=C\C1=O. The van der Waals surface area contributed by atoms with Gasteiger partial charge in [-0.05, 0) is 19.4 Å². The van der Waals surface area contributed by atoms with Gasteiger partial charge in [-0.15, -0.1) is 0 Å². The summed E-state index contributed by atoms with van der Waals surface area (Å²) in [5.41, 5.74) is 5.44. The Morgan fingerprint density at radius 3 is 3.08 bits per heavy atom. The van der Waals surface area contributed by atoms with Crippen LogP contribution < -0.4 is 16.2 Å². The second kappa shape index (κ2) is 11.9. The Morgan fingerprint density at radius 1 is 1.56 bits per heavy atom. The Balaban J connectivity index is 2.62. The number of carbonyl (C=O) groups excluding carboxylic acids is 3. The summed E-state index contributed by atoms with van der Waals surface area (Å²) in [6.45, 7) is 2.40. The van der Waals surface area contributed by atoms with Crippen molar-refractivity contribution < 1.29 is 28.6 Å². The zero-order chi connectivity index (χ0) is 18.5. The Labute approximate surface area is 146 Å². The lowest BCUT2D eigenvalue weighted by Crippen LogP contribution is -2.50. The van der Waals surface area contributed by atoms with Gasteiger partial charge in [-0.3, -0.25) is 14.5 Å². The van der Waals surface area contributed by atoms with Crippen molar-refractivity contribution in [3.05, 3.63) is 24.1 Å². The first-order valence-electron chi connectivity index (χ1n) is 7.78. The van der Waals surface area contributed by atoms with E-state index in [4.69, 9.17) is 14.2 Å². The van der Waals surface area contributed by atoms with Crippen molar-refractivity contribution in [3.63, 3.8) is 0 Å². The van der Waals surface area contributed by atoms with Crippen molar-refractivity contribution in [1.29, 1.82) is 0 Å². The topological polar surface area (TPSA) is 118 Å². The molecule has 0 aromatic rings. The van der Waals surface area contributed by atoms with Crippen LogP contribution in [0.2, 0.25) is 0 Å². The monoisotopic (exact) mass is 356 g/mol. The van der Waals surface area contributed by atoms with Crippen molar-refractivity contribution in [2.24, 2.45) is 0 Å². The average Bonchev–Trinajstić information content (AvgIpc) is 2.59. The van der Waals surface area contributed by atoms with Crippen LogP contribution >= 0.6 is 0 Å². The van der Waals surface area contributed by atoms with Gasteiger partial charge in [0.2, 0.25) is 12.2 Å². The van der Waals surface area contributed by atoms with Crippen molar-refractivity contribution in [1.82, 2.24) is 21.1 Å². The summed E-state index contributed by atoms with van der Waals surface area (Å²) >= 11 is 0. The van der Waals surface area contributed by atoms with Crippen molar-refractivity contribution in [2.75, 3.05) is 33.6 Å². The predicted octanol–water partition coefficient (Wildman–Crippen LogP) is -0.398. The lowest BCUT2D eigenvalue weighted by Gasteiger charge is -2.19. The second-order valence-electron chi connectivity index (χ2n) is 4.93. The van der Waals surface area contributed by atoms with Crippen LogP contribution in [0, 0.1) is 0 Å². The summed E-state index contributed by atoms with van der Waals surface area (Å²) in [6.07, 6.45) is 4.23. The number of hydrazine groups is 1. The molecule has 1 heterocycles. The molecule has 1 unspecified atom stereocenters. The van der Waals surface area contributed by atoms with Gasteiger partial charge in [-0.2, -0.15) is 0 Å². The average molecular weight is 356 g/mol. The number of rotatable bonds is 6. The van der Waals surface area contributed by atoms with Gasteiger partial charge in [-0.1, -0.05) is 0 Å². The largest absolute Gasteiger partial charge is 0.469 e. The first-order valence-corrected chi connectivity index (χ1v) is 7.78. The summed E-state index contributed by atoms with van der Waals surface area (Å²) in [4.78, 5) is 35.4. The van der Waals surface area contributed by atoms with Crippen LogP contribution in [0.25, 0.3) is 0 Å². The van der Waals surface area contributed by atoms with E-state index < -0.39 is 12.3 Å². The fourth-order valence-corrected chi connectivity index (χ4v) is 1.72. The minimum atomic E-state index is -0.540. The van der Waals surface area contributed by atoms with Crippen molar-refractivity contribution in [3.8, 4) is 0 Å². The lowest BCUT2D eigenvalue weighted by atomic mass is 10.2. The molecule has 25 heavy (non-hydrogen) atoms. The maximum atomic E-state index is 12.2. The van der Waals surface area contributed by atoms with Gasteiger partial charge in [0.15, 0.2) is 12.5 Å². The fraction of sp³-hybridized carbons (Fsp3) is 0.533. The van der Waals surface area contributed by atoms with Crippen LogP contribution in [0.15, 0.2) is 24.1 Å². The van der Waals surface area contributed by atoms with Crippen LogP contribution in [-0.2, 0) is 23.8 Å². The summed E-state index contributed by atoms with van der Waals surface area (Å²) < 4.78 is 15.6. The van der Waals surface area contributed by atoms with Gasteiger partial charge in [0, 0.05) is 19.3 Å². The maximum absolute atomic E-state index is 12.2. The molecule has 1 aliphatic rings. The van der Waals surface area contributed by atoms with E-state index in [1.54, 1.807) is 13.0 Å². The molecule has 3 N–H and O–H groups in total. The minimum Gasteiger partial charge on any atom is -0.469 e. The summed E-state index contributed by atoms with van der Waals surface area (Å²) in [5, 5.41) is 2.52. The van der Waals surface area contributed by atoms with E-state index in [-0.39, 0.29) is 31.5 Å². The molecule has 1 rings (SSSR count). The molecule has 0 saturated heterocycles. The second-order valence-corrected chi connectivity index (χ2v) is 4.93. The molecular weight excluding hydrogens is 332 g/mol. The van der Waals surface area contributed by atoms with Gasteiger partial charge >= 0.3 is 6.09 Å². The molecule has 10 heteroatoms. The number of allylic oxidation sites excluding steroid dienone is 1. The fourth-order valence-electron chi connectivity index (χ4n) is 1.72. The van der Waals surface area contributed by atoms with Gasteiger partial charge in [0.25, 0.3) is 0 Å². The number of nitrogens with one attached hydrogen (secondary N) is 3. The summed E-state index contributed by atoms with van der Waals surface area (Å²) in [5.74, 6) is -0.284. The van der Waals surface area contributed by atoms with E-state index in [1.165, 1.54) is 24.2 Å². The molecule has 0 radical (unpaired) electrons. The zero-order valence-electron chi connectivity index (χ0n) is 14.3. The highest BCUT2D eigenvalue weighted by atomic mass is 16.6. The van der Waals surface area contributed by atoms with Gasteiger partial charge in [0.1, 0.15) is 6.17 Å². The smallest absolute Gasteiger partial charge is 0.412 e. The molecule has 0 saturated carbocycles. The predicted molar refractivity (Wildman–Crippen MR) is 87.7 cm³/mol. The minimum absolute atomic E-state index is 0.0981. The Hall–Kier alpha value is -2.59. The standard InChI is InChI=1S/C15H24N4O6/c1-3-24-15(22)19(2)11-25-13-5-4-8-23-9-14(16-10-20)18-17-7-6-12(13)21/h5-7,10,14,17-18H,3-4,8-9,11H2,1-2H3,(H,16,20)/b7-6-,13-5-. The third kappa shape index (κ3) is 8.18. The van der Waals surface area contributed by atoms with Crippen molar-refractivity contribution in [2.45, 2.75) is 19.5 Å². The van der Waals surface area contributed by atoms with Gasteiger partial charge in [0.05, 0.1) is 19.8 Å². The molecule has 1 atom stereocenters. The van der Waals surface area contributed by atoms with Crippen LogP contribution in [0.5, 0.6) is 0 Å². The highest BCUT2D eigenvalue weighted by Crippen LogP contribution is 2.05. The van der Waals surface area contributed by atoms with Gasteiger partial charge < -0.3 is 25.0 Å². The quantitative estimate of drug-likeness (QED) is 0.435. The Kier molecular flexibility index (Phi) is 9.71. The molecule has 0 spiro atoms. The van der Waals surface area contributed by atoms with Crippen LogP contribution in [-0.4, -0.2) is 63.0 Å². The third-order valence-electron chi connectivity index (χ3n) is 2.96. The van der Waals surface area contributed by atoms with Crippen LogP contribution in [0.3, 0.4) is 0 Å². The summed E-state index contributed by atoms with van der Waals surface area (Å²) in [7, 11) is 1.50. The normalized spacial score (nSPS) is 22.1. The van der Waals surface area contributed by atoms with E-state index >= 15 is 0 Å². The number of amides is 2. The lowest BCUT2D eigenvalue weighted by molar-refractivity contribution is -0.115. The van der Waals surface area contributed by atoms with E-state index in [2.05, 4.69) is 16.2 Å². The maximum Gasteiger partial charge on any atom is 0.412 e. The van der Waals surface area contributed by atoms with Gasteiger partial charge in [-0.25, -0.2) is 10.2 Å². The molecule has 0 fully saturated rings. The molecule has 0 aromatic carbocycles.